The van der Waals surface area contributed by atoms with Crippen molar-refractivity contribution in [1.82, 2.24) is 5.06 Å². The second kappa shape index (κ2) is 5.69. The minimum Gasteiger partial charge on any atom is -0.396 e. The van der Waals surface area contributed by atoms with E-state index in [9.17, 15) is 0 Å². The minimum atomic E-state index is -1.29. The third-order valence-corrected chi connectivity index (χ3v) is 4.13. The van der Waals surface area contributed by atoms with Gasteiger partial charge in [-0.25, -0.2) is 0 Å². The molecule has 0 aromatic rings. The first kappa shape index (κ1) is 10.2. The van der Waals surface area contributed by atoms with Crippen molar-refractivity contribution in [2.45, 2.75) is 32.7 Å². The molecule has 1 rings (SSSR count). The lowest BCUT2D eigenvalue weighted by molar-refractivity contribution is -0.0771. The zero-order valence-electron chi connectivity index (χ0n) is 8.08. The van der Waals surface area contributed by atoms with Crippen molar-refractivity contribution < 1.29 is 8.95 Å². The molecule has 1 heterocycles. The van der Waals surface area contributed by atoms with Crippen LogP contribution in [-0.2, 0) is 8.95 Å². The van der Waals surface area contributed by atoms with E-state index in [1.165, 1.54) is 18.9 Å². The summed E-state index contributed by atoms with van der Waals surface area (Å²) in [5.74, 6) is 0. The maximum absolute atomic E-state index is 5.74. The summed E-state index contributed by atoms with van der Waals surface area (Å²) in [6, 6.07) is 1.18. The van der Waals surface area contributed by atoms with Gasteiger partial charge < -0.3 is 8.95 Å². The Morgan fingerprint density at radius 1 is 1.33 bits per heavy atom. The van der Waals surface area contributed by atoms with Crippen LogP contribution in [0.3, 0.4) is 0 Å². The van der Waals surface area contributed by atoms with E-state index < -0.39 is 9.28 Å². The van der Waals surface area contributed by atoms with Gasteiger partial charge in [0.1, 0.15) is 0 Å². The van der Waals surface area contributed by atoms with Crippen LogP contribution in [0.15, 0.2) is 0 Å². The average Bonchev–Trinajstić information content (AvgIpc) is 2.16. The molecule has 0 bridgehead atoms. The van der Waals surface area contributed by atoms with Gasteiger partial charge >= 0.3 is 9.28 Å². The van der Waals surface area contributed by atoms with Crippen LogP contribution in [0.1, 0.15) is 26.7 Å². The molecule has 0 amide bonds. The highest BCUT2D eigenvalue weighted by atomic mass is 28.3. The smallest absolute Gasteiger partial charge is 0.342 e. The topological polar surface area (TPSA) is 21.7 Å². The summed E-state index contributed by atoms with van der Waals surface area (Å²) in [5, 5.41) is 2.00. The van der Waals surface area contributed by atoms with Gasteiger partial charge in [-0.15, -0.1) is 0 Å². The molecule has 0 aromatic heterocycles. The standard InChI is InChI=1S/C8H19NO2Si/c1-3-9(4-2)11-12-8-6-5-7-10-12/h12H,3-8H2,1-2H3. The molecule has 1 aliphatic heterocycles. The van der Waals surface area contributed by atoms with E-state index in [1.54, 1.807) is 0 Å². The molecule has 0 radical (unpaired) electrons. The maximum Gasteiger partial charge on any atom is 0.342 e. The van der Waals surface area contributed by atoms with Gasteiger partial charge in [-0.2, -0.15) is 5.06 Å². The van der Waals surface area contributed by atoms with Crippen molar-refractivity contribution in [2.24, 2.45) is 0 Å². The maximum atomic E-state index is 5.74. The number of rotatable bonds is 4. The quantitative estimate of drug-likeness (QED) is 0.491. The lowest BCUT2D eigenvalue weighted by atomic mass is 10.4. The normalized spacial score (nSPS) is 24.8. The molecule has 1 atom stereocenters. The molecule has 1 saturated heterocycles. The largest absolute Gasteiger partial charge is 0.396 e. The Hall–Kier alpha value is 0.0969. The third-order valence-electron chi connectivity index (χ3n) is 2.11. The van der Waals surface area contributed by atoms with Gasteiger partial charge in [0.15, 0.2) is 0 Å². The van der Waals surface area contributed by atoms with Crippen LogP contribution in [0.5, 0.6) is 0 Å². The highest BCUT2D eigenvalue weighted by molar-refractivity contribution is 6.44. The van der Waals surface area contributed by atoms with E-state index in [-0.39, 0.29) is 0 Å². The first-order chi connectivity index (χ1) is 5.86. The van der Waals surface area contributed by atoms with Crippen LogP contribution in [0.2, 0.25) is 6.04 Å². The highest BCUT2D eigenvalue weighted by Crippen LogP contribution is 2.12. The summed E-state index contributed by atoms with van der Waals surface area (Å²) < 4.78 is 11.3. The summed E-state index contributed by atoms with van der Waals surface area (Å²) >= 11 is 0. The molecule has 0 spiro atoms. The SMILES string of the molecule is CCN(CC)O[SiH]1CCCCO1. The molecule has 0 aliphatic carbocycles. The van der Waals surface area contributed by atoms with Gasteiger partial charge in [-0.3, -0.25) is 0 Å². The summed E-state index contributed by atoms with van der Waals surface area (Å²) in [4.78, 5) is 0. The van der Waals surface area contributed by atoms with Crippen LogP contribution in [0, 0.1) is 0 Å². The molecule has 0 saturated carbocycles. The van der Waals surface area contributed by atoms with Crippen molar-refractivity contribution in [1.29, 1.82) is 0 Å². The molecule has 4 heteroatoms. The second-order valence-electron chi connectivity index (χ2n) is 3.02. The summed E-state index contributed by atoms with van der Waals surface area (Å²) in [6.45, 7) is 7.06. The lowest BCUT2D eigenvalue weighted by Gasteiger charge is -2.26. The van der Waals surface area contributed by atoms with E-state index in [1.807, 2.05) is 5.06 Å². The van der Waals surface area contributed by atoms with E-state index >= 15 is 0 Å². The molecule has 1 unspecified atom stereocenters. The molecule has 0 aromatic carbocycles. The van der Waals surface area contributed by atoms with Gasteiger partial charge in [0.05, 0.1) is 0 Å². The van der Waals surface area contributed by atoms with Crippen LogP contribution in [0.4, 0.5) is 0 Å². The van der Waals surface area contributed by atoms with Crippen molar-refractivity contribution in [3.8, 4) is 0 Å². The van der Waals surface area contributed by atoms with E-state index in [2.05, 4.69) is 13.8 Å². The molecule has 12 heavy (non-hydrogen) atoms. The molecule has 1 fully saturated rings. The van der Waals surface area contributed by atoms with Crippen molar-refractivity contribution in [2.75, 3.05) is 19.7 Å². The lowest BCUT2D eigenvalue weighted by Crippen LogP contribution is -2.36. The summed E-state index contributed by atoms with van der Waals surface area (Å²) in [5.41, 5.74) is 0. The summed E-state index contributed by atoms with van der Waals surface area (Å²) in [7, 11) is -1.29. The molecule has 72 valence electrons. The third kappa shape index (κ3) is 3.22. The zero-order chi connectivity index (χ0) is 8.81. The Bertz CT molecular complexity index is 114. The van der Waals surface area contributed by atoms with Crippen LogP contribution >= 0.6 is 0 Å². The van der Waals surface area contributed by atoms with Crippen molar-refractivity contribution in [3.63, 3.8) is 0 Å². The van der Waals surface area contributed by atoms with Gasteiger partial charge in [0.2, 0.25) is 0 Å². The molecular formula is C8H19NO2Si. The Morgan fingerprint density at radius 2 is 2.08 bits per heavy atom. The highest BCUT2D eigenvalue weighted by Gasteiger charge is 2.19. The van der Waals surface area contributed by atoms with Crippen molar-refractivity contribution in [3.05, 3.63) is 0 Å². The number of hydrogen-bond acceptors (Lipinski definition) is 3. The van der Waals surface area contributed by atoms with Gasteiger partial charge in [0.25, 0.3) is 0 Å². The molecular weight excluding hydrogens is 170 g/mol. The Morgan fingerprint density at radius 3 is 2.58 bits per heavy atom. The predicted octanol–water partition coefficient (Wildman–Crippen LogP) is 1.29. The van der Waals surface area contributed by atoms with Gasteiger partial charge in [0, 0.05) is 19.7 Å². The predicted molar refractivity (Wildman–Crippen MR) is 51.1 cm³/mol. The first-order valence-electron chi connectivity index (χ1n) is 4.90. The van der Waals surface area contributed by atoms with Gasteiger partial charge in [-0.1, -0.05) is 13.8 Å². The van der Waals surface area contributed by atoms with Crippen LogP contribution in [-0.4, -0.2) is 34.0 Å². The average molecular weight is 189 g/mol. The molecule has 1 aliphatic rings. The fourth-order valence-corrected chi connectivity index (χ4v) is 3.35. The number of nitrogens with zero attached hydrogens (tertiary/aromatic N) is 1. The molecule has 0 N–H and O–H groups in total. The van der Waals surface area contributed by atoms with E-state index in [0.29, 0.717) is 0 Å². The van der Waals surface area contributed by atoms with Gasteiger partial charge in [-0.05, 0) is 18.9 Å². The molecule has 3 nitrogen and oxygen atoms in total. The van der Waals surface area contributed by atoms with Crippen LogP contribution in [0.25, 0.3) is 0 Å². The fourth-order valence-electron chi connectivity index (χ4n) is 1.33. The fraction of sp³-hybridized carbons (Fsp3) is 1.00. The Balaban J connectivity index is 2.18. The number of hydrogen-bond donors (Lipinski definition) is 0. The van der Waals surface area contributed by atoms with E-state index in [0.717, 1.165) is 19.7 Å². The Labute approximate surface area is 76.5 Å². The van der Waals surface area contributed by atoms with E-state index in [4.69, 9.17) is 8.95 Å². The minimum absolute atomic E-state index is 0.915. The Kier molecular flexibility index (Phi) is 4.83. The first-order valence-corrected chi connectivity index (χ1v) is 6.66. The summed E-state index contributed by atoms with van der Waals surface area (Å²) in [6.07, 6.45) is 2.50. The number of hydroxylamine groups is 2. The van der Waals surface area contributed by atoms with Crippen molar-refractivity contribution >= 4 is 9.28 Å². The van der Waals surface area contributed by atoms with Crippen LogP contribution < -0.4 is 0 Å². The monoisotopic (exact) mass is 189 g/mol. The second-order valence-corrected chi connectivity index (χ2v) is 5.00. The zero-order valence-corrected chi connectivity index (χ0v) is 9.24.